The fraction of sp³-hybridized carbons (Fsp3) is 0.172. The Morgan fingerprint density at radius 1 is 0.765 bits per heavy atom. The molecule has 0 unspecified atom stereocenters. The Balaban J connectivity index is 1.36. The number of carbonyl (C=O) groups is 2. The van der Waals surface area contributed by atoms with Crippen LogP contribution in [0.4, 0.5) is 0 Å². The van der Waals surface area contributed by atoms with E-state index in [1.54, 1.807) is 0 Å². The predicted molar refractivity (Wildman–Crippen MR) is 133 cm³/mol. The highest BCUT2D eigenvalue weighted by molar-refractivity contribution is 5.88. The Morgan fingerprint density at radius 2 is 1.44 bits per heavy atom. The summed E-state index contributed by atoms with van der Waals surface area (Å²) in [4.78, 5) is 25.0. The lowest BCUT2D eigenvalue weighted by atomic mass is 10.0. The Hall–Kier alpha value is -4.12. The summed E-state index contributed by atoms with van der Waals surface area (Å²) >= 11 is 0. The largest absolute Gasteiger partial charge is 0.489 e. The maximum absolute atomic E-state index is 12.7. The molecule has 0 spiro atoms. The summed E-state index contributed by atoms with van der Waals surface area (Å²) in [6, 6.07) is 30.6. The molecule has 0 saturated heterocycles. The molecule has 0 heterocycles. The molecule has 1 amide bonds. The van der Waals surface area contributed by atoms with Crippen LogP contribution in [0.15, 0.2) is 97.1 Å². The van der Waals surface area contributed by atoms with E-state index >= 15 is 0 Å². The van der Waals surface area contributed by atoms with E-state index in [1.807, 2.05) is 97.1 Å². The zero-order chi connectivity index (χ0) is 23.8. The van der Waals surface area contributed by atoms with Crippen LogP contribution in [-0.2, 0) is 33.8 Å². The van der Waals surface area contributed by atoms with Crippen LogP contribution in [0.5, 0.6) is 5.75 Å². The molecule has 34 heavy (non-hydrogen) atoms. The normalized spacial score (nSPS) is 11.6. The number of rotatable bonds is 9. The van der Waals surface area contributed by atoms with Crippen molar-refractivity contribution in [1.29, 1.82) is 0 Å². The van der Waals surface area contributed by atoms with Crippen molar-refractivity contribution in [3.63, 3.8) is 0 Å². The molecule has 5 heteroatoms. The highest BCUT2D eigenvalue weighted by Gasteiger charge is 2.22. The van der Waals surface area contributed by atoms with Gasteiger partial charge in [0.05, 0.1) is 13.5 Å². The van der Waals surface area contributed by atoms with Crippen molar-refractivity contribution in [2.24, 2.45) is 0 Å². The highest BCUT2D eigenvalue weighted by Crippen LogP contribution is 2.17. The average Bonchev–Trinajstić information content (AvgIpc) is 2.88. The molecule has 0 radical (unpaired) electrons. The lowest BCUT2D eigenvalue weighted by Crippen LogP contribution is -2.43. The fourth-order valence-corrected chi connectivity index (χ4v) is 3.81. The number of fused-ring (bicyclic) bond motifs is 1. The van der Waals surface area contributed by atoms with Crippen LogP contribution >= 0.6 is 0 Å². The van der Waals surface area contributed by atoms with E-state index in [-0.39, 0.29) is 12.3 Å². The van der Waals surface area contributed by atoms with E-state index < -0.39 is 12.0 Å². The van der Waals surface area contributed by atoms with Gasteiger partial charge in [-0.1, -0.05) is 84.9 Å². The third kappa shape index (κ3) is 6.23. The van der Waals surface area contributed by atoms with E-state index in [4.69, 9.17) is 9.47 Å². The first-order valence-electron chi connectivity index (χ1n) is 11.2. The van der Waals surface area contributed by atoms with Gasteiger partial charge in [0.2, 0.25) is 5.91 Å². The van der Waals surface area contributed by atoms with Crippen molar-refractivity contribution < 1.29 is 19.1 Å². The van der Waals surface area contributed by atoms with Crippen molar-refractivity contribution in [2.45, 2.75) is 25.5 Å². The predicted octanol–water partition coefficient (Wildman–Crippen LogP) is 4.86. The molecule has 4 aromatic carbocycles. The monoisotopic (exact) mass is 453 g/mol. The second-order valence-electron chi connectivity index (χ2n) is 8.12. The van der Waals surface area contributed by atoms with E-state index in [9.17, 15) is 9.59 Å². The van der Waals surface area contributed by atoms with Gasteiger partial charge in [0.1, 0.15) is 18.4 Å². The molecule has 172 valence electrons. The maximum atomic E-state index is 12.7. The van der Waals surface area contributed by atoms with Gasteiger partial charge in [-0.15, -0.1) is 0 Å². The Kier molecular flexibility index (Phi) is 7.56. The van der Waals surface area contributed by atoms with Gasteiger partial charge in [0.15, 0.2) is 0 Å². The lowest BCUT2D eigenvalue weighted by molar-refractivity contribution is -0.145. The number of amides is 1. The van der Waals surface area contributed by atoms with E-state index in [2.05, 4.69) is 5.32 Å². The minimum absolute atomic E-state index is 0.185. The summed E-state index contributed by atoms with van der Waals surface area (Å²) in [5.41, 5.74) is 2.87. The van der Waals surface area contributed by atoms with Gasteiger partial charge < -0.3 is 14.8 Å². The highest BCUT2D eigenvalue weighted by atomic mass is 16.5. The molecule has 0 aliphatic rings. The van der Waals surface area contributed by atoms with Gasteiger partial charge in [0.25, 0.3) is 0 Å². The van der Waals surface area contributed by atoms with Gasteiger partial charge in [-0.05, 0) is 39.6 Å². The third-order valence-corrected chi connectivity index (χ3v) is 5.61. The average molecular weight is 454 g/mol. The molecule has 0 saturated carbocycles. The maximum Gasteiger partial charge on any atom is 0.328 e. The van der Waals surface area contributed by atoms with Crippen LogP contribution in [0.25, 0.3) is 10.8 Å². The number of benzene rings is 4. The molecule has 0 fully saturated rings. The van der Waals surface area contributed by atoms with Gasteiger partial charge in [0, 0.05) is 6.42 Å². The molecule has 0 aromatic heterocycles. The Morgan fingerprint density at radius 3 is 2.18 bits per heavy atom. The summed E-state index contributed by atoms with van der Waals surface area (Å²) in [5.74, 6) is 0.0346. The van der Waals surface area contributed by atoms with E-state index in [0.717, 1.165) is 33.2 Å². The first-order valence-corrected chi connectivity index (χ1v) is 11.2. The van der Waals surface area contributed by atoms with Crippen molar-refractivity contribution in [3.8, 4) is 5.75 Å². The minimum Gasteiger partial charge on any atom is -0.489 e. The molecule has 1 atom stereocenters. The molecular weight excluding hydrogens is 426 g/mol. The quantitative estimate of drug-likeness (QED) is 0.368. The van der Waals surface area contributed by atoms with E-state index in [0.29, 0.717) is 13.0 Å². The number of hydrogen-bond donors (Lipinski definition) is 1. The molecule has 0 bridgehead atoms. The van der Waals surface area contributed by atoms with Gasteiger partial charge in [-0.25, -0.2) is 4.79 Å². The minimum atomic E-state index is -0.769. The summed E-state index contributed by atoms with van der Waals surface area (Å²) in [6.45, 7) is 0.482. The molecule has 4 rings (SSSR count). The van der Waals surface area contributed by atoms with Crippen LogP contribution < -0.4 is 10.1 Å². The third-order valence-electron chi connectivity index (χ3n) is 5.61. The number of esters is 1. The molecule has 0 aliphatic carbocycles. The molecular formula is C29H27NO4. The van der Waals surface area contributed by atoms with E-state index in [1.165, 1.54) is 7.11 Å². The van der Waals surface area contributed by atoms with Gasteiger partial charge in [-0.2, -0.15) is 0 Å². The SMILES string of the molecule is COC(=O)[C@H](Cc1ccc(OCc2ccccc2)cc1)NC(=O)Cc1ccc2ccccc2c1. The standard InChI is InChI=1S/C29H27NO4/c1-33-29(32)27(30-28(31)19-23-11-14-24-9-5-6-10-25(24)17-23)18-21-12-15-26(16-13-21)34-20-22-7-3-2-4-8-22/h2-17,27H,18-20H2,1H3,(H,30,31)/t27-/m0/s1. The zero-order valence-electron chi connectivity index (χ0n) is 19.1. The first kappa shape index (κ1) is 23.1. The Labute approximate surface area is 199 Å². The second-order valence-corrected chi connectivity index (χ2v) is 8.12. The van der Waals surface area contributed by atoms with Crippen molar-refractivity contribution in [1.82, 2.24) is 5.32 Å². The van der Waals surface area contributed by atoms with Crippen molar-refractivity contribution in [3.05, 3.63) is 114 Å². The van der Waals surface area contributed by atoms with Crippen LogP contribution in [0.1, 0.15) is 16.7 Å². The molecule has 4 aromatic rings. The molecule has 5 nitrogen and oxygen atoms in total. The number of ether oxygens (including phenoxy) is 2. The number of carbonyl (C=O) groups excluding carboxylic acids is 2. The summed E-state index contributed by atoms with van der Waals surface area (Å²) in [6.07, 6.45) is 0.514. The van der Waals surface area contributed by atoms with Crippen molar-refractivity contribution >= 4 is 22.6 Å². The molecule has 0 aliphatic heterocycles. The lowest BCUT2D eigenvalue weighted by Gasteiger charge is -2.17. The van der Waals surface area contributed by atoms with Gasteiger partial charge in [-0.3, -0.25) is 4.79 Å². The summed E-state index contributed by atoms with van der Waals surface area (Å²) < 4.78 is 10.7. The van der Waals surface area contributed by atoms with Crippen LogP contribution in [0.2, 0.25) is 0 Å². The Bertz CT molecular complexity index is 1250. The number of methoxy groups -OCH3 is 1. The van der Waals surface area contributed by atoms with Crippen LogP contribution in [-0.4, -0.2) is 25.0 Å². The van der Waals surface area contributed by atoms with Crippen LogP contribution in [0.3, 0.4) is 0 Å². The van der Waals surface area contributed by atoms with Crippen molar-refractivity contribution in [2.75, 3.05) is 7.11 Å². The van der Waals surface area contributed by atoms with Gasteiger partial charge >= 0.3 is 5.97 Å². The number of hydrogen-bond acceptors (Lipinski definition) is 4. The van der Waals surface area contributed by atoms with Crippen LogP contribution in [0, 0.1) is 0 Å². The second kappa shape index (κ2) is 11.1. The topological polar surface area (TPSA) is 64.6 Å². The summed E-state index contributed by atoms with van der Waals surface area (Å²) in [5, 5.41) is 5.03. The number of nitrogens with one attached hydrogen (secondary N) is 1. The fourth-order valence-electron chi connectivity index (χ4n) is 3.81. The zero-order valence-corrected chi connectivity index (χ0v) is 19.1. The smallest absolute Gasteiger partial charge is 0.328 e. The summed E-state index contributed by atoms with van der Waals surface area (Å²) in [7, 11) is 1.32. The molecule has 1 N–H and O–H groups in total. The first-order chi connectivity index (χ1) is 16.6.